The first-order chi connectivity index (χ1) is 33.5. The molecule has 0 aliphatic carbocycles. The number of carbonyl (C=O) groups excluding carboxylic acids is 2. The molecule has 69 heavy (non-hydrogen) atoms. The molecule has 0 aromatic rings. The van der Waals surface area contributed by atoms with Crippen LogP contribution in [-0.2, 0) is 38.7 Å². The van der Waals surface area contributed by atoms with Gasteiger partial charge < -0.3 is 34.3 Å². The van der Waals surface area contributed by atoms with Gasteiger partial charge in [-0.2, -0.15) is 8.42 Å². The number of hydrogen-bond acceptors (Lipinski definition) is 11. The van der Waals surface area contributed by atoms with E-state index in [0.29, 0.717) is 12.8 Å². The average molecular weight is 995 g/mol. The van der Waals surface area contributed by atoms with E-state index in [1.165, 1.54) is 116 Å². The van der Waals surface area contributed by atoms with Gasteiger partial charge in [0, 0.05) is 12.8 Å². The molecular formula is C56H98O12S. The van der Waals surface area contributed by atoms with E-state index < -0.39 is 71.2 Å². The van der Waals surface area contributed by atoms with Crippen molar-refractivity contribution in [2.75, 3.05) is 19.0 Å². The van der Waals surface area contributed by atoms with Gasteiger partial charge in [0.2, 0.25) is 0 Å². The fourth-order valence-corrected chi connectivity index (χ4v) is 8.87. The minimum Gasteiger partial charge on any atom is -0.462 e. The predicted molar refractivity (Wildman–Crippen MR) is 279 cm³/mol. The van der Waals surface area contributed by atoms with Crippen molar-refractivity contribution in [3.8, 4) is 0 Å². The Hall–Kier alpha value is -2.65. The van der Waals surface area contributed by atoms with Crippen molar-refractivity contribution in [2.24, 2.45) is 0 Å². The van der Waals surface area contributed by atoms with Crippen LogP contribution in [0.1, 0.15) is 226 Å². The van der Waals surface area contributed by atoms with E-state index in [9.17, 15) is 37.9 Å². The second-order valence-corrected chi connectivity index (χ2v) is 20.4. The number of hydrogen-bond donors (Lipinski definition) is 4. The van der Waals surface area contributed by atoms with Crippen LogP contribution in [-0.4, -0.2) is 96.0 Å². The minimum atomic E-state index is -4.61. The van der Waals surface area contributed by atoms with Crippen molar-refractivity contribution >= 4 is 22.1 Å². The van der Waals surface area contributed by atoms with Crippen LogP contribution in [0.25, 0.3) is 0 Å². The Morgan fingerprint density at radius 3 is 1.36 bits per heavy atom. The van der Waals surface area contributed by atoms with Crippen LogP contribution in [0.15, 0.2) is 60.8 Å². The lowest BCUT2D eigenvalue weighted by molar-refractivity contribution is -0.297. The summed E-state index contributed by atoms with van der Waals surface area (Å²) in [5.74, 6) is -2.02. The summed E-state index contributed by atoms with van der Waals surface area (Å²) in [7, 11) is -4.61. The zero-order chi connectivity index (χ0) is 50.5. The molecule has 12 nitrogen and oxygen atoms in total. The third kappa shape index (κ3) is 39.6. The smallest absolute Gasteiger partial charge is 0.306 e. The summed E-state index contributed by atoms with van der Waals surface area (Å²) in [5, 5.41) is 31.0. The first-order valence-electron chi connectivity index (χ1n) is 27.3. The van der Waals surface area contributed by atoms with Crippen molar-refractivity contribution in [3.05, 3.63) is 60.8 Å². The molecular weight excluding hydrogens is 897 g/mol. The highest BCUT2D eigenvalue weighted by Crippen LogP contribution is 2.24. The molecule has 400 valence electrons. The van der Waals surface area contributed by atoms with Crippen molar-refractivity contribution in [2.45, 2.75) is 263 Å². The Balaban J connectivity index is 2.36. The Kier molecular flexibility index (Phi) is 42.2. The fraction of sp³-hybridized carbons (Fsp3) is 0.786. The number of unbranched alkanes of at least 4 members (excludes halogenated alkanes) is 24. The van der Waals surface area contributed by atoms with Crippen LogP contribution in [0.3, 0.4) is 0 Å². The molecule has 6 atom stereocenters. The maximum absolute atomic E-state index is 12.9. The lowest BCUT2D eigenvalue weighted by Gasteiger charge is -2.40. The molecule has 2 unspecified atom stereocenters. The molecule has 0 spiro atoms. The van der Waals surface area contributed by atoms with Crippen molar-refractivity contribution < 1.29 is 56.8 Å². The third-order valence-corrected chi connectivity index (χ3v) is 13.1. The molecule has 1 aliphatic rings. The zero-order valence-electron chi connectivity index (χ0n) is 43.2. The van der Waals surface area contributed by atoms with E-state index >= 15 is 0 Å². The standard InChI is InChI=1S/C56H98O12S/c1-3-5-7-9-11-13-15-17-19-21-23-24-25-27-29-31-33-35-37-39-41-43-45-52(58)67-49(47-66-56-55(61)54(60)53(59)50(68-56)48-69(62,63)64)46-65-51(57)44-42-40-38-36-34-32-30-28-26-22-20-18-16-14-12-10-8-6-4-2/h6,8,12,14,18,20,26,28,32,34,49-50,53-56,59-61H,3-5,7,9-11,13,15-17,19,21-25,27,29-31,33,35-48H2,1-2H3,(H,62,63,64)/b8-6+,14-12+,20-18+,28-26+,34-32+/t49-,50-,53-,54?,55?,56+/m1/s1. The lowest BCUT2D eigenvalue weighted by Crippen LogP contribution is -2.60. The van der Waals surface area contributed by atoms with Gasteiger partial charge in [0.15, 0.2) is 12.4 Å². The molecule has 4 N–H and O–H groups in total. The van der Waals surface area contributed by atoms with Gasteiger partial charge in [-0.25, -0.2) is 0 Å². The van der Waals surface area contributed by atoms with Crippen molar-refractivity contribution in [1.82, 2.24) is 0 Å². The molecule has 1 saturated heterocycles. The largest absolute Gasteiger partial charge is 0.462 e. The summed E-state index contributed by atoms with van der Waals surface area (Å²) in [6, 6.07) is 0. The van der Waals surface area contributed by atoms with Crippen LogP contribution in [0.4, 0.5) is 0 Å². The quantitative estimate of drug-likeness (QED) is 0.0196. The number of rotatable bonds is 46. The second-order valence-electron chi connectivity index (χ2n) is 18.9. The molecule has 0 aromatic heterocycles. The van der Waals surface area contributed by atoms with Gasteiger partial charge in [0.05, 0.1) is 6.61 Å². The van der Waals surface area contributed by atoms with Crippen molar-refractivity contribution in [3.63, 3.8) is 0 Å². The number of aliphatic hydroxyl groups is 3. The molecule has 13 heteroatoms. The summed E-state index contributed by atoms with van der Waals surface area (Å²) in [5.41, 5.74) is 0. The Morgan fingerprint density at radius 2 is 0.913 bits per heavy atom. The van der Waals surface area contributed by atoms with E-state index in [1.807, 2.05) is 0 Å². The van der Waals surface area contributed by atoms with Crippen LogP contribution in [0.2, 0.25) is 0 Å². The van der Waals surface area contributed by atoms with Crippen LogP contribution >= 0.6 is 0 Å². The summed E-state index contributed by atoms with van der Waals surface area (Å²) < 4.78 is 54.3. The average Bonchev–Trinajstić information content (AvgIpc) is 3.32. The molecule has 0 radical (unpaired) electrons. The van der Waals surface area contributed by atoms with Gasteiger partial charge >= 0.3 is 11.9 Å². The maximum atomic E-state index is 12.9. The van der Waals surface area contributed by atoms with Gasteiger partial charge in [0.25, 0.3) is 10.1 Å². The molecule has 1 aliphatic heterocycles. The summed E-state index contributed by atoms with van der Waals surface area (Å²) in [6.07, 6.45) is 48.3. The molecule has 0 saturated carbocycles. The number of ether oxygens (including phenoxy) is 4. The van der Waals surface area contributed by atoms with E-state index in [1.54, 1.807) is 0 Å². The van der Waals surface area contributed by atoms with Crippen LogP contribution in [0.5, 0.6) is 0 Å². The monoisotopic (exact) mass is 995 g/mol. The zero-order valence-corrected chi connectivity index (χ0v) is 44.0. The number of allylic oxidation sites excluding steroid dienone is 10. The van der Waals surface area contributed by atoms with E-state index in [2.05, 4.69) is 74.6 Å². The molecule has 0 bridgehead atoms. The number of aliphatic hydroxyl groups excluding tert-OH is 3. The van der Waals surface area contributed by atoms with Crippen molar-refractivity contribution in [1.29, 1.82) is 0 Å². The summed E-state index contributed by atoms with van der Waals surface area (Å²) >= 11 is 0. The first-order valence-corrected chi connectivity index (χ1v) is 29.0. The maximum Gasteiger partial charge on any atom is 0.306 e. The molecule has 0 amide bonds. The van der Waals surface area contributed by atoms with Crippen LogP contribution in [0, 0.1) is 0 Å². The summed E-state index contributed by atoms with van der Waals surface area (Å²) in [6.45, 7) is 3.66. The minimum absolute atomic E-state index is 0.158. The first kappa shape index (κ1) is 64.4. The summed E-state index contributed by atoms with van der Waals surface area (Å²) in [4.78, 5) is 25.6. The lowest BCUT2D eigenvalue weighted by atomic mass is 10.00. The van der Waals surface area contributed by atoms with Gasteiger partial charge in [-0.1, -0.05) is 216 Å². The number of esters is 2. The van der Waals surface area contributed by atoms with Gasteiger partial charge in [-0.05, 0) is 57.8 Å². The van der Waals surface area contributed by atoms with E-state index in [-0.39, 0.29) is 19.4 Å². The van der Waals surface area contributed by atoms with E-state index in [0.717, 1.165) is 70.6 Å². The number of carbonyl (C=O) groups is 2. The normalized spacial score (nSPS) is 19.5. The second kappa shape index (κ2) is 45.2. The molecule has 1 heterocycles. The topological polar surface area (TPSA) is 186 Å². The highest BCUT2D eigenvalue weighted by atomic mass is 32.2. The van der Waals surface area contributed by atoms with Gasteiger partial charge in [-0.15, -0.1) is 0 Å². The highest BCUT2D eigenvalue weighted by molar-refractivity contribution is 7.85. The third-order valence-electron chi connectivity index (χ3n) is 12.4. The molecule has 0 aromatic carbocycles. The fourth-order valence-electron chi connectivity index (χ4n) is 8.18. The Bertz CT molecular complexity index is 1490. The van der Waals surface area contributed by atoms with E-state index in [4.69, 9.17) is 18.9 Å². The highest BCUT2D eigenvalue weighted by Gasteiger charge is 2.46. The molecule has 1 rings (SSSR count). The predicted octanol–water partition coefficient (Wildman–Crippen LogP) is 12.8. The van der Waals surface area contributed by atoms with Gasteiger partial charge in [-0.3, -0.25) is 14.1 Å². The van der Waals surface area contributed by atoms with Crippen LogP contribution < -0.4 is 0 Å². The Labute approximate surface area is 419 Å². The SMILES string of the molecule is CC/C=C/C/C=C/C/C=C/C/C=C/C/C=C/CCCCCC(=O)OC[C@H](CO[C@H]1O[C@H](CS(=O)(=O)O)[C@@H](O)C(O)C1O)OC(=O)CCCCCCCCCCCCCCCCCCCCCCCC. The molecule has 1 fully saturated rings. The Morgan fingerprint density at radius 1 is 0.507 bits per heavy atom. The van der Waals surface area contributed by atoms with Gasteiger partial charge in [0.1, 0.15) is 36.8 Å².